The van der Waals surface area contributed by atoms with Gasteiger partial charge in [-0.1, -0.05) is 48.9 Å². The number of rotatable bonds is 5. The van der Waals surface area contributed by atoms with Crippen molar-refractivity contribution in [2.45, 2.75) is 31.6 Å². The standard InChI is InChI=1S/C24H21ClF3N3O2/c1-2-23(18-6-4-3-5-7-18)20-14-19(25)8-9-21(20)30(15-17-10-12-29(33)13-11-17)22(32)31(23)16-24(26,27)28/h3-14H,2,15-16H2,1H3. The summed E-state index contributed by atoms with van der Waals surface area (Å²) in [5.74, 6) is 0. The third-order valence-corrected chi connectivity index (χ3v) is 6.16. The third-order valence-electron chi connectivity index (χ3n) is 5.93. The molecule has 2 heterocycles. The van der Waals surface area contributed by atoms with E-state index in [0.717, 1.165) is 4.90 Å². The molecule has 5 nitrogen and oxygen atoms in total. The number of fused-ring (bicyclic) bond motifs is 1. The van der Waals surface area contributed by atoms with Gasteiger partial charge in [0.25, 0.3) is 0 Å². The van der Waals surface area contributed by atoms with Crippen molar-refractivity contribution in [3.63, 3.8) is 0 Å². The van der Waals surface area contributed by atoms with Crippen LogP contribution in [0, 0.1) is 5.21 Å². The SMILES string of the molecule is CCC1(c2ccccc2)c2cc(Cl)ccc2N(Cc2cc[n+]([O-])cc2)C(=O)N1CC(F)(F)F. The van der Waals surface area contributed by atoms with Crippen LogP contribution >= 0.6 is 11.6 Å². The Morgan fingerprint density at radius 1 is 1.06 bits per heavy atom. The quantitative estimate of drug-likeness (QED) is 0.354. The summed E-state index contributed by atoms with van der Waals surface area (Å²) in [6, 6.07) is 15.9. The van der Waals surface area contributed by atoms with E-state index in [2.05, 4.69) is 0 Å². The number of alkyl halides is 3. The van der Waals surface area contributed by atoms with Gasteiger partial charge in [0.05, 0.1) is 17.8 Å². The zero-order chi connectivity index (χ0) is 23.8. The molecule has 0 N–H and O–H groups in total. The first-order chi connectivity index (χ1) is 15.7. The summed E-state index contributed by atoms with van der Waals surface area (Å²) in [4.78, 5) is 15.9. The van der Waals surface area contributed by atoms with Crippen LogP contribution in [0.2, 0.25) is 5.02 Å². The van der Waals surface area contributed by atoms with E-state index in [1.807, 2.05) is 0 Å². The van der Waals surface area contributed by atoms with Crippen LogP contribution in [0.4, 0.5) is 23.7 Å². The minimum absolute atomic E-state index is 0.00273. The molecule has 2 aromatic carbocycles. The van der Waals surface area contributed by atoms with Crippen molar-refractivity contribution < 1.29 is 22.7 Å². The molecule has 0 spiro atoms. The molecule has 4 rings (SSSR count). The number of hydrogen-bond donors (Lipinski definition) is 0. The van der Waals surface area contributed by atoms with E-state index < -0.39 is 24.3 Å². The predicted octanol–water partition coefficient (Wildman–Crippen LogP) is 5.63. The van der Waals surface area contributed by atoms with Gasteiger partial charge in [-0.25, -0.2) is 4.79 Å². The lowest BCUT2D eigenvalue weighted by atomic mass is 9.76. The number of carbonyl (C=O) groups is 1. The highest BCUT2D eigenvalue weighted by molar-refractivity contribution is 6.30. The van der Waals surface area contributed by atoms with Crippen LogP contribution in [0.1, 0.15) is 30.0 Å². The maximum Gasteiger partial charge on any atom is 0.406 e. The van der Waals surface area contributed by atoms with Gasteiger partial charge >= 0.3 is 12.2 Å². The second-order valence-electron chi connectivity index (χ2n) is 7.88. The fraction of sp³-hybridized carbons (Fsp3) is 0.250. The number of halogens is 4. The Balaban J connectivity index is 1.96. The Bertz CT molecular complexity index is 1160. The van der Waals surface area contributed by atoms with Gasteiger partial charge in [-0.15, -0.1) is 0 Å². The topological polar surface area (TPSA) is 50.5 Å². The Hall–Kier alpha value is -3.26. The maximum absolute atomic E-state index is 13.8. The van der Waals surface area contributed by atoms with E-state index in [1.165, 1.54) is 29.4 Å². The molecule has 1 aromatic heterocycles. The second-order valence-corrected chi connectivity index (χ2v) is 8.31. The van der Waals surface area contributed by atoms with Crippen LogP contribution in [0.3, 0.4) is 0 Å². The van der Waals surface area contributed by atoms with Crippen molar-refractivity contribution in [3.05, 3.63) is 100.0 Å². The van der Waals surface area contributed by atoms with Crippen molar-refractivity contribution in [1.82, 2.24) is 4.90 Å². The van der Waals surface area contributed by atoms with Crippen LogP contribution in [-0.2, 0) is 12.1 Å². The fourth-order valence-electron chi connectivity index (χ4n) is 4.51. The van der Waals surface area contributed by atoms with Crippen molar-refractivity contribution in [3.8, 4) is 0 Å². The highest BCUT2D eigenvalue weighted by atomic mass is 35.5. The van der Waals surface area contributed by atoms with Gasteiger partial charge < -0.3 is 10.1 Å². The average Bonchev–Trinajstić information content (AvgIpc) is 2.78. The first kappa shape index (κ1) is 22.9. The van der Waals surface area contributed by atoms with Crippen LogP contribution in [0.5, 0.6) is 0 Å². The molecule has 1 atom stereocenters. The van der Waals surface area contributed by atoms with Gasteiger partial charge in [-0.2, -0.15) is 17.9 Å². The van der Waals surface area contributed by atoms with Gasteiger partial charge in [0.2, 0.25) is 0 Å². The van der Waals surface area contributed by atoms with Gasteiger partial charge in [0, 0.05) is 22.7 Å². The molecule has 0 saturated carbocycles. The normalized spacial score (nSPS) is 18.4. The molecule has 33 heavy (non-hydrogen) atoms. The molecule has 0 bridgehead atoms. The van der Waals surface area contributed by atoms with Crippen LogP contribution in [0.25, 0.3) is 0 Å². The van der Waals surface area contributed by atoms with Crippen molar-refractivity contribution in [1.29, 1.82) is 0 Å². The molecule has 2 amide bonds. The van der Waals surface area contributed by atoms with Crippen molar-refractivity contribution in [2.24, 2.45) is 0 Å². The fourth-order valence-corrected chi connectivity index (χ4v) is 4.68. The molecule has 0 saturated heterocycles. The summed E-state index contributed by atoms with van der Waals surface area (Å²) < 4.78 is 42.0. The Morgan fingerprint density at radius 2 is 1.73 bits per heavy atom. The Morgan fingerprint density at radius 3 is 2.33 bits per heavy atom. The summed E-state index contributed by atoms with van der Waals surface area (Å²) in [6.07, 6.45) is -1.85. The van der Waals surface area contributed by atoms with Crippen molar-refractivity contribution >= 4 is 23.3 Å². The lowest BCUT2D eigenvalue weighted by molar-refractivity contribution is -0.605. The molecule has 9 heteroatoms. The minimum atomic E-state index is -4.62. The molecule has 0 fully saturated rings. The molecule has 1 aliphatic rings. The Labute approximate surface area is 194 Å². The number of carbonyl (C=O) groups excluding carboxylic acids is 1. The zero-order valence-corrected chi connectivity index (χ0v) is 18.5. The molecule has 1 unspecified atom stereocenters. The van der Waals surface area contributed by atoms with Gasteiger partial charge in [0.1, 0.15) is 6.54 Å². The number of nitrogens with zero attached hydrogens (tertiary/aromatic N) is 3. The highest BCUT2D eigenvalue weighted by Crippen LogP contribution is 2.49. The van der Waals surface area contributed by atoms with Crippen LogP contribution in [0.15, 0.2) is 73.1 Å². The van der Waals surface area contributed by atoms with Crippen LogP contribution < -0.4 is 9.63 Å². The first-order valence-corrected chi connectivity index (χ1v) is 10.7. The molecule has 0 radical (unpaired) electrons. The average molecular weight is 476 g/mol. The second kappa shape index (κ2) is 8.59. The summed E-state index contributed by atoms with van der Waals surface area (Å²) in [6.45, 7) is 0.331. The number of urea groups is 1. The van der Waals surface area contributed by atoms with E-state index in [1.54, 1.807) is 55.5 Å². The summed E-state index contributed by atoms with van der Waals surface area (Å²) in [5.41, 5.74) is 0.807. The number of hydrogen-bond acceptors (Lipinski definition) is 2. The number of anilines is 1. The third kappa shape index (κ3) is 4.23. The smallest absolute Gasteiger partial charge is 0.406 e. The number of amides is 2. The van der Waals surface area contributed by atoms with Gasteiger partial charge in [0.15, 0.2) is 12.4 Å². The van der Waals surface area contributed by atoms with Gasteiger partial charge in [-0.05, 0) is 35.7 Å². The number of benzene rings is 2. The summed E-state index contributed by atoms with van der Waals surface area (Å²) >= 11 is 6.31. The van der Waals surface area contributed by atoms with E-state index in [9.17, 15) is 23.2 Å². The van der Waals surface area contributed by atoms with Gasteiger partial charge in [-0.3, -0.25) is 4.90 Å². The van der Waals surface area contributed by atoms with Crippen molar-refractivity contribution in [2.75, 3.05) is 11.4 Å². The highest BCUT2D eigenvalue weighted by Gasteiger charge is 2.52. The van der Waals surface area contributed by atoms with E-state index in [0.29, 0.717) is 32.1 Å². The molecule has 1 aliphatic heterocycles. The lowest BCUT2D eigenvalue weighted by Crippen LogP contribution is -2.61. The van der Waals surface area contributed by atoms with E-state index >= 15 is 0 Å². The maximum atomic E-state index is 13.8. The van der Waals surface area contributed by atoms with E-state index in [-0.39, 0.29) is 13.0 Å². The molecular formula is C24H21ClF3N3O2. The monoisotopic (exact) mass is 475 g/mol. The predicted molar refractivity (Wildman–Crippen MR) is 119 cm³/mol. The lowest BCUT2D eigenvalue weighted by Gasteiger charge is -2.51. The Kier molecular flexibility index (Phi) is 5.97. The van der Waals surface area contributed by atoms with E-state index in [4.69, 9.17) is 11.6 Å². The largest absolute Gasteiger partial charge is 0.619 e. The summed E-state index contributed by atoms with van der Waals surface area (Å²) in [7, 11) is 0. The number of pyridine rings is 1. The first-order valence-electron chi connectivity index (χ1n) is 10.3. The minimum Gasteiger partial charge on any atom is -0.619 e. The zero-order valence-electron chi connectivity index (χ0n) is 17.7. The molecule has 0 aliphatic carbocycles. The number of aromatic nitrogens is 1. The molecule has 3 aromatic rings. The van der Waals surface area contributed by atoms with Crippen LogP contribution in [-0.4, -0.2) is 23.7 Å². The molecule has 172 valence electrons. The molecular weight excluding hydrogens is 455 g/mol. The summed E-state index contributed by atoms with van der Waals surface area (Å²) in [5, 5.41) is 11.7.